The molecule has 0 saturated carbocycles. The zero-order chi connectivity index (χ0) is 14.9. The lowest BCUT2D eigenvalue weighted by Gasteiger charge is -2.14. The van der Waals surface area contributed by atoms with Gasteiger partial charge in [-0.3, -0.25) is 13.9 Å². The molecule has 1 atom stereocenters. The maximum absolute atomic E-state index is 12.5. The van der Waals surface area contributed by atoms with Crippen LogP contribution in [0.3, 0.4) is 0 Å². The van der Waals surface area contributed by atoms with Crippen molar-refractivity contribution in [3.63, 3.8) is 0 Å². The quantitative estimate of drug-likeness (QED) is 0.874. The van der Waals surface area contributed by atoms with Crippen LogP contribution in [0.25, 0.3) is 10.9 Å². The van der Waals surface area contributed by atoms with E-state index in [0.29, 0.717) is 23.2 Å². The number of rotatable bonds is 4. The summed E-state index contributed by atoms with van der Waals surface area (Å²) in [5.41, 5.74) is 0.00743. The van der Waals surface area contributed by atoms with Gasteiger partial charge < -0.3 is 10.1 Å². The normalized spacial score (nSPS) is 12.6. The molecule has 0 aliphatic heterocycles. The number of nitrogens with zero attached hydrogens (tertiary/aromatic N) is 2. The van der Waals surface area contributed by atoms with Gasteiger partial charge >= 0.3 is 5.69 Å². The van der Waals surface area contributed by atoms with E-state index in [4.69, 9.17) is 4.74 Å². The Labute approximate surface area is 116 Å². The number of aromatic nitrogens is 2. The van der Waals surface area contributed by atoms with Gasteiger partial charge in [0, 0.05) is 19.6 Å². The van der Waals surface area contributed by atoms with Crippen LogP contribution in [-0.2, 0) is 13.6 Å². The van der Waals surface area contributed by atoms with E-state index < -0.39 is 0 Å². The molecule has 0 spiro atoms. The molecule has 0 radical (unpaired) electrons. The van der Waals surface area contributed by atoms with E-state index in [2.05, 4.69) is 5.32 Å². The minimum absolute atomic E-state index is 0.0310. The van der Waals surface area contributed by atoms with Crippen LogP contribution < -0.4 is 21.3 Å². The summed E-state index contributed by atoms with van der Waals surface area (Å²) in [6.45, 7) is 2.25. The molecule has 20 heavy (non-hydrogen) atoms. The molecule has 0 fully saturated rings. The Balaban J connectivity index is 2.76. The van der Waals surface area contributed by atoms with E-state index in [-0.39, 0.29) is 17.3 Å². The third-order valence-corrected chi connectivity index (χ3v) is 3.51. The van der Waals surface area contributed by atoms with Gasteiger partial charge in [-0.25, -0.2) is 4.79 Å². The first-order valence-electron chi connectivity index (χ1n) is 6.44. The Bertz CT molecular complexity index is 746. The third kappa shape index (κ3) is 2.34. The van der Waals surface area contributed by atoms with Crippen molar-refractivity contribution in [2.24, 2.45) is 7.05 Å². The van der Waals surface area contributed by atoms with Crippen LogP contribution in [0.5, 0.6) is 5.75 Å². The van der Waals surface area contributed by atoms with Crippen LogP contribution in [0.1, 0.15) is 6.92 Å². The molecule has 1 heterocycles. The van der Waals surface area contributed by atoms with Crippen LogP contribution in [0, 0.1) is 0 Å². The highest BCUT2D eigenvalue weighted by Gasteiger charge is 2.13. The smallest absolute Gasteiger partial charge is 0.331 e. The van der Waals surface area contributed by atoms with E-state index in [1.165, 1.54) is 9.13 Å². The molecule has 1 aromatic carbocycles. The van der Waals surface area contributed by atoms with Crippen LogP contribution in [-0.4, -0.2) is 29.3 Å². The van der Waals surface area contributed by atoms with Crippen molar-refractivity contribution in [1.29, 1.82) is 0 Å². The summed E-state index contributed by atoms with van der Waals surface area (Å²) < 4.78 is 7.88. The van der Waals surface area contributed by atoms with E-state index in [9.17, 15) is 9.59 Å². The Morgan fingerprint density at radius 1 is 1.35 bits per heavy atom. The van der Waals surface area contributed by atoms with Crippen molar-refractivity contribution in [2.45, 2.75) is 19.5 Å². The standard InChI is InChI=1S/C14H19N3O3/c1-9(15-2)8-17-13(18)11-7-10(20-4)5-6-12(11)16(3)14(17)19/h5-7,9,15H,8H2,1-4H3. The molecule has 6 heteroatoms. The van der Waals surface area contributed by atoms with Gasteiger partial charge in [0.2, 0.25) is 0 Å². The second-order valence-electron chi connectivity index (χ2n) is 4.83. The maximum Gasteiger partial charge on any atom is 0.331 e. The van der Waals surface area contributed by atoms with Crippen molar-refractivity contribution >= 4 is 10.9 Å². The van der Waals surface area contributed by atoms with Gasteiger partial charge in [0.15, 0.2) is 0 Å². The molecule has 1 N–H and O–H groups in total. The Morgan fingerprint density at radius 3 is 2.65 bits per heavy atom. The summed E-state index contributed by atoms with van der Waals surface area (Å²) >= 11 is 0. The highest BCUT2D eigenvalue weighted by molar-refractivity contribution is 5.79. The molecular formula is C14H19N3O3. The van der Waals surface area contributed by atoms with Crippen molar-refractivity contribution in [3.8, 4) is 5.75 Å². The second kappa shape index (κ2) is 5.50. The van der Waals surface area contributed by atoms with Crippen LogP contribution in [0.4, 0.5) is 0 Å². The number of benzene rings is 1. The van der Waals surface area contributed by atoms with Gasteiger partial charge in [-0.1, -0.05) is 0 Å². The highest BCUT2D eigenvalue weighted by Crippen LogP contribution is 2.16. The first-order chi connectivity index (χ1) is 9.49. The van der Waals surface area contributed by atoms with Crippen LogP contribution >= 0.6 is 0 Å². The Morgan fingerprint density at radius 2 is 2.05 bits per heavy atom. The van der Waals surface area contributed by atoms with Gasteiger partial charge in [0.05, 0.1) is 18.0 Å². The molecule has 0 aliphatic carbocycles. The largest absolute Gasteiger partial charge is 0.497 e. The fourth-order valence-corrected chi connectivity index (χ4v) is 2.15. The zero-order valence-electron chi connectivity index (χ0n) is 12.1. The SMILES string of the molecule is CNC(C)Cn1c(=O)c2cc(OC)ccc2n(C)c1=O. The van der Waals surface area contributed by atoms with Crippen LogP contribution in [0.2, 0.25) is 0 Å². The van der Waals surface area contributed by atoms with Gasteiger partial charge in [0.25, 0.3) is 5.56 Å². The predicted molar refractivity (Wildman–Crippen MR) is 78.5 cm³/mol. The molecule has 2 rings (SSSR count). The number of hydrogen-bond acceptors (Lipinski definition) is 4. The lowest BCUT2D eigenvalue weighted by molar-refractivity contribution is 0.415. The van der Waals surface area contributed by atoms with Crippen LogP contribution in [0.15, 0.2) is 27.8 Å². The summed E-state index contributed by atoms with van der Waals surface area (Å²) in [4.78, 5) is 24.8. The number of hydrogen-bond donors (Lipinski definition) is 1. The molecule has 108 valence electrons. The number of likely N-dealkylation sites (N-methyl/N-ethyl adjacent to an activating group) is 1. The zero-order valence-corrected chi connectivity index (χ0v) is 12.1. The molecule has 0 aliphatic rings. The van der Waals surface area contributed by atoms with E-state index in [1.807, 2.05) is 6.92 Å². The number of ether oxygens (including phenoxy) is 1. The molecule has 6 nitrogen and oxygen atoms in total. The minimum atomic E-state index is -0.310. The minimum Gasteiger partial charge on any atom is -0.497 e. The molecule has 2 aromatic rings. The Kier molecular flexibility index (Phi) is 3.94. The Hall–Kier alpha value is -2.08. The summed E-state index contributed by atoms with van der Waals surface area (Å²) in [5, 5.41) is 3.51. The van der Waals surface area contributed by atoms with Crippen molar-refractivity contribution in [2.75, 3.05) is 14.2 Å². The van der Waals surface area contributed by atoms with E-state index in [0.717, 1.165) is 0 Å². The fourth-order valence-electron chi connectivity index (χ4n) is 2.15. The lowest BCUT2D eigenvalue weighted by atomic mass is 10.2. The van der Waals surface area contributed by atoms with E-state index in [1.54, 1.807) is 39.4 Å². The second-order valence-corrected chi connectivity index (χ2v) is 4.83. The predicted octanol–water partition coefficient (Wildman–Crippen LogP) is 0.317. The van der Waals surface area contributed by atoms with Crippen molar-refractivity contribution in [3.05, 3.63) is 39.0 Å². The molecular weight excluding hydrogens is 258 g/mol. The topological polar surface area (TPSA) is 65.3 Å². The summed E-state index contributed by atoms with van der Waals surface area (Å²) in [5.74, 6) is 0.599. The van der Waals surface area contributed by atoms with Gasteiger partial charge in [-0.15, -0.1) is 0 Å². The van der Waals surface area contributed by atoms with Gasteiger partial charge in [0.1, 0.15) is 5.75 Å². The maximum atomic E-state index is 12.5. The molecule has 1 aromatic heterocycles. The average Bonchev–Trinajstić information content (AvgIpc) is 2.48. The number of nitrogens with one attached hydrogen (secondary N) is 1. The molecule has 0 bridgehead atoms. The molecule has 0 amide bonds. The van der Waals surface area contributed by atoms with Crippen molar-refractivity contribution in [1.82, 2.24) is 14.5 Å². The number of methoxy groups -OCH3 is 1. The summed E-state index contributed by atoms with van der Waals surface area (Å²) in [6.07, 6.45) is 0. The average molecular weight is 277 g/mol. The number of aryl methyl sites for hydroxylation is 1. The highest BCUT2D eigenvalue weighted by atomic mass is 16.5. The first kappa shape index (κ1) is 14.3. The number of fused-ring (bicyclic) bond motifs is 1. The summed E-state index contributed by atoms with van der Waals surface area (Å²) in [7, 11) is 5.01. The monoisotopic (exact) mass is 277 g/mol. The fraction of sp³-hybridized carbons (Fsp3) is 0.429. The van der Waals surface area contributed by atoms with Crippen molar-refractivity contribution < 1.29 is 4.74 Å². The third-order valence-electron chi connectivity index (χ3n) is 3.51. The molecule has 0 saturated heterocycles. The molecule has 1 unspecified atom stereocenters. The first-order valence-corrected chi connectivity index (χ1v) is 6.44. The van der Waals surface area contributed by atoms with E-state index >= 15 is 0 Å². The van der Waals surface area contributed by atoms with Gasteiger partial charge in [-0.05, 0) is 32.2 Å². The summed E-state index contributed by atoms with van der Waals surface area (Å²) in [6, 6.07) is 5.16. The lowest BCUT2D eigenvalue weighted by Crippen LogP contribution is -2.43. The van der Waals surface area contributed by atoms with Gasteiger partial charge in [-0.2, -0.15) is 0 Å².